The Morgan fingerprint density at radius 1 is 1.06 bits per heavy atom. The van der Waals surface area contributed by atoms with Gasteiger partial charge in [-0.05, 0) is 19.3 Å². The molecule has 0 aliphatic carbocycles. The molecule has 0 aromatic rings. The van der Waals surface area contributed by atoms with E-state index in [-0.39, 0.29) is 43.8 Å². The van der Waals surface area contributed by atoms with E-state index in [4.69, 9.17) is 18.4 Å². The fourth-order valence-electron chi connectivity index (χ4n) is 1.96. The minimum atomic E-state index is -3.91. The molecule has 0 fully saturated rings. The van der Waals surface area contributed by atoms with Crippen LogP contribution in [0, 0.1) is 11.3 Å². The number of rotatable bonds is 14. The zero-order chi connectivity index (χ0) is 24.2. The monoisotopic (exact) mass is 469 g/mol. The maximum Gasteiger partial charge on any atom is 0.508 e. The molecule has 31 heavy (non-hydrogen) atoms. The van der Waals surface area contributed by atoms with E-state index in [1.807, 2.05) is 13.8 Å². The van der Waals surface area contributed by atoms with Crippen molar-refractivity contribution in [1.82, 2.24) is 5.32 Å². The Balaban J connectivity index is 4.45. The van der Waals surface area contributed by atoms with Crippen molar-refractivity contribution in [3.8, 4) is 0 Å². The molecular weight excluding hydrogens is 434 g/mol. The van der Waals surface area contributed by atoms with E-state index >= 15 is 0 Å². The molecule has 2 N–H and O–H groups in total. The van der Waals surface area contributed by atoms with Gasteiger partial charge in [0.05, 0.1) is 19.0 Å². The molecule has 11 nitrogen and oxygen atoms in total. The van der Waals surface area contributed by atoms with Gasteiger partial charge in [0.2, 0.25) is 5.91 Å². The summed E-state index contributed by atoms with van der Waals surface area (Å²) in [6.07, 6.45) is -3.22. The molecule has 1 amide bonds. The molecule has 2 atom stereocenters. The predicted molar refractivity (Wildman–Crippen MR) is 111 cm³/mol. The number of aliphatic hydroxyl groups is 1. The normalized spacial score (nSPS) is 13.9. The van der Waals surface area contributed by atoms with Gasteiger partial charge in [0.15, 0.2) is 6.10 Å². The zero-order valence-corrected chi connectivity index (χ0v) is 19.8. The van der Waals surface area contributed by atoms with Crippen LogP contribution in [-0.4, -0.2) is 75.9 Å². The van der Waals surface area contributed by atoms with Crippen LogP contribution in [0.15, 0.2) is 0 Å². The standard InChI is InChI=1S/C19H35NO10S/c1-13(2)10-28-18(24)30-14(3)11-27-17(23)16(22)19(5,6)12-29-31(25,26)9-7-8-20-15(4)21/h13-14,16,22H,7-12H2,1-6H3,(H,20,21)/t14-,16?/m1/s1. The number of ether oxygens (including phenoxy) is 3. The highest BCUT2D eigenvalue weighted by Crippen LogP contribution is 2.23. The second-order valence-electron chi connectivity index (χ2n) is 8.26. The van der Waals surface area contributed by atoms with Crippen LogP contribution < -0.4 is 5.32 Å². The lowest BCUT2D eigenvalue weighted by molar-refractivity contribution is -0.164. The van der Waals surface area contributed by atoms with E-state index in [1.54, 1.807) is 0 Å². The molecule has 0 aromatic heterocycles. The van der Waals surface area contributed by atoms with Gasteiger partial charge < -0.3 is 24.6 Å². The number of esters is 1. The van der Waals surface area contributed by atoms with Gasteiger partial charge in [-0.25, -0.2) is 9.59 Å². The summed E-state index contributed by atoms with van der Waals surface area (Å²) in [5, 5.41) is 12.7. The second-order valence-corrected chi connectivity index (χ2v) is 10.0. The Morgan fingerprint density at radius 2 is 1.68 bits per heavy atom. The molecule has 0 spiro atoms. The third kappa shape index (κ3) is 13.9. The van der Waals surface area contributed by atoms with Crippen molar-refractivity contribution < 1.29 is 46.3 Å². The summed E-state index contributed by atoms with van der Waals surface area (Å²) in [5.41, 5.74) is -1.28. The summed E-state index contributed by atoms with van der Waals surface area (Å²) in [4.78, 5) is 34.4. The van der Waals surface area contributed by atoms with Crippen LogP contribution in [0.4, 0.5) is 4.79 Å². The van der Waals surface area contributed by atoms with Gasteiger partial charge in [-0.1, -0.05) is 27.7 Å². The maximum atomic E-state index is 12.1. The van der Waals surface area contributed by atoms with Crippen LogP contribution in [0.25, 0.3) is 0 Å². The van der Waals surface area contributed by atoms with E-state index in [0.29, 0.717) is 0 Å². The number of nitrogens with one attached hydrogen (secondary N) is 1. The minimum absolute atomic E-state index is 0.140. The van der Waals surface area contributed by atoms with E-state index < -0.39 is 46.5 Å². The lowest BCUT2D eigenvalue weighted by atomic mass is 9.88. The SMILES string of the molecule is CC(=O)NCCCS(=O)(=O)OCC(C)(C)C(O)C(=O)OC[C@@H](C)OC(=O)OCC(C)C. The zero-order valence-electron chi connectivity index (χ0n) is 19.0. The van der Waals surface area contributed by atoms with E-state index in [0.717, 1.165) is 0 Å². The molecule has 1 unspecified atom stereocenters. The Kier molecular flexibility index (Phi) is 12.6. The minimum Gasteiger partial charge on any atom is -0.460 e. The summed E-state index contributed by atoms with van der Waals surface area (Å²) < 4.78 is 43.5. The Bertz CT molecular complexity index is 690. The first-order chi connectivity index (χ1) is 14.2. The van der Waals surface area contributed by atoms with Crippen LogP contribution in [0.5, 0.6) is 0 Å². The first-order valence-corrected chi connectivity index (χ1v) is 11.5. The molecular formula is C19H35NO10S. The van der Waals surface area contributed by atoms with Gasteiger partial charge in [0.25, 0.3) is 10.1 Å². The van der Waals surface area contributed by atoms with Crippen molar-refractivity contribution in [2.45, 2.75) is 60.2 Å². The number of amides is 1. The topological polar surface area (TPSA) is 155 Å². The second kappa shape index (κ2) is 13.5. The molecule has 12 heteroatoms. The fraction of sp³-hybridized carbons (Fsp3) is 0.842. The molecule has 0 heterocycles. The molecule has 0 radical (unpaired) electrons. The molecule has 0 rings (SSSR count). The number of aliphatic hydroxyl groups excluding tert-OH is 1. The third-order valence-electron chi connectivity index (χ3n) is 3.81. The van der Waals surface area contributed by atoms with Gasteiger partial charge in [-0.3, -0.25) is 8.98 Å². The summed E-state index contributed by atoms with van der Waals surface area (Å²) in [6.45, 7) is 9.01. The van der Waals surface area contributed by atoms with Crippen molar-refractivity contribution in [3.63, 3.8) is 0 Å². The van der Waals surface area contributed by atoms with Crippen LogP contribution in [0.1, 0.15) is 48.0 Å². The quantitative estimate of drug-likeness (QED) is 0.214. The van der Waals surface area contributed by atoms with Crippen LogP contribution in [-0.2, 0) is 38.1 Å². The van der Waals surface area contributed by atoms with Crippen molar-refractivity contribution in [3.05, 3.63) is 0 Å². The molecule has 0 saturated heterocycles. The number of carbonyl (C=O) groups is 3. The van der Waals surface area contributed by atoms with Gasteiger partial charge in [0.1, 0.15) is 12.7 Å². The summed E-state index contributed by atoms with van der Waals surface area (Å²) in [5.74, 6) is -1.47. The largest absolute Gasteiger partial charge is 0.508 e. The van der Waals surface area contributed by atoms with Gasteiger partial charge in [0, 0.05) is 18.9 Å². The molecule has 0 bridgehead atoms. The number of carbonyl (C=O) groups excluding carboxylic acids is 3. The van der Waals surface area contributed by atoms with Crippen molar-refractivity contribution in [2.24, 2.45) is 11.3 Å². The summed E-state index contributed by atoms with van der Waals surface area (Å²) in [6, 6.07) is 0. The smallest absolute Gasteiger partial charge is 0.460 e. The van der Waals surface area contributed by atoms with Gasteiger partial charge in [-0.2, -0.15) is 8.42 Å². The lowest BCUT2D eigenvalue weighted by Gasteiger charge is -2.28. The van der Waals surface area contributed by atoms with Crippen molar-refractivity contribution in [2.75, 3.05) is 32.1 Å². The highest BCUT2D eigenvalue weighted by molar-refractivity contribution is 7.86. The van der Waals surface area contributed by atoms with E-state index in [2.05, 4.69) is 5.32 Å². The van der Waals surface area contributed by atoms with Gasteiger partial charge >= 0.3 is 12.1 Å². The number of hydrogen-bond donors (Lipinski definition) is 2. The van der Waals surface area contributed by atoms with Crippen molar-refractivity contribution in [1.29, 1.82) is 0 Å². The average Bonchev–Trinajstić information content (AvgIpc) is 2.65. The Hall–Kier alpha value is -1.92. The van der Waals surface area contributed by atoms with E-state index in [1.165, 1.54) is 27.7 Å². The first-order valence-electron chi connectivity index (χ1n) is 9.96. The maximum absolute atomic E-state index is 12.1. The predicted octanol–water partition coefficient (Wildman–Crippen LogP) is 0.987. The molecule has 0 aliphatic rings. The first kappa shape index (κ1) is 29.1. The Morgan fingerprint density at radius 3 is 2.23 bits per heavy atom. The highest BCUT2D eigenvalue weighted by atomic mass is 32.2. The average molecular weight is 470 g/mol. The highest BCUT2D eigenvalue weighted by Gasteiger charge is 2.37. The third-order valence-corrected chi connectivity index (χ3v) is 5.08. The van der Waals surface area contributed by atoms with Crippen LogP contribution in [0.3, 0.4) is 0 Å². The van der Waals surface area contributed by atoms with Crippen molar-refractivity contribution >= 4 is 28.1 Å². The van der Waals surface area contributed by atoms with Crippen LogP contribution in [0.2, 0.25) is 0 Å². The van der Waals surface area contributed by atoms with Crippen LogP contribution >= 0.6 is 0 Å². The van der Waals surface area contributed by atoms with Gasteiger partial charge in [-0.15, -0.1) is 0 Å². The molecule has 0 aliphatic heterocycles. The molecule has 0 aromatic carbocycles. The fourth-order valence-corrected chi connectivity index (χ4v) is 3.06. The Labute approximate surface area is 183 Å². The lowest BCUT2D eigenvalue weighted by Crippen LogP contribution is -2.42. The summed E-state index contributed by atoms with van der Waals surface area (Å²) in [7, 11) is -3.91. The molecule has 182 valence electrons. The molecule has 0 saturated carbocycles. The van der Waals surface area contributed by atoms with E-state index in [9.17, 15) is 27.9 Å². The number of hydrogen-bond acceptors (Lipinski definition) is 10. The summed E-state index contributed by atoms with van der Waals surface area (Å²) >= 11 is 0.